The molecule has 0 aromatic rings. The maximum atomic E-state index is 12.5. The van der Waals surface area contributed by atoms with E-state index in [-0.39, 0.29) is 12.1 Å². The molecule has 0 aliphatic carbocycles. The number of rotatable bonds is 36. The third-order valence-electron chi connectivity index (χ3n) is 8.81. The van der Waals surface area contributed by atoms with Crippen molar-refractivity contribution in [3.8, 4) is 0 Å². The predicted molar refractivity (Wildman–Crippen MR) is 206 cm³/mol. The van der Waals surface area contributed by atoms with Crippen LogP contribution < -0.4 is 5.32 Å². The molecule has 3 nitrogen and oxygen atoms in total. The Morgan fingerprint density at radius 1 is 0.500 bits per heavy atom. The first-order valence-corrected chi connectivity index (χ1v) is 20.2. The maximum absolute atomic E-state index is 12.5. The van der Waals surface area contributed by atoms with Crippen LogP contribution >= 0.6 is 0 Å². The summed E-state index contributed by atoms with van der Waals surface area (Å²) in [5, 5.41) is 3.16. The van der Waals surface area contributed by atoms with Crippen LogP contribution in [0.15, 0.2) is 48.6 Å². The first-order valence-electron chi connectivity index (χ1n) is 20.2. The van der Waals surface area contributed by atoms with Crippen LogP contribution in [0.5, 0.6) is 0 Å². The van der Waals surface area contributed by atoms with Crippen molar-refractivity contribution in [3.05, 3.63) is 48.6 Å². The van der Waals surface area contributed by atoms with Gasteiger partial charge in [-0.25, -0.2) is 0 Å². The summed E-state index contributed by atoms with van der Waals surface area (Å²) in [4.78, 5) is 12.5. The molecule has 46 heavy (non-hydrogen) atoms. The largest absolute Gasteiger partial charge is 0.462 e. The lowest BCUT2D eigenvalue weighted by atomic mass is 10.0. The maximum Gasteiger partial charge on any atom is 0.306 e. The number of unbranched alkanes of at least 4 members (excludes halogenated alkanes) is 19. The number of carbonyl (C=O) groups excluding carboxylic acids is 1. The molecule has 0 aliphatic rings. The highest BCUT2D eigenvalue weighted by Crippen LogP contribution is 2.18. The second-order valence-corrected chi connectivity index (χ2v) is 13.4. The molecular weight excluding hydrogens is 562 g/mol. The zero-order chi connectivity index (χ0) is 33.4. The molecule has 0 heterocycles. The van der Waals surface area contributed by atoms with Gasteiger partial charge >= 0.3 is 5.97 Å². The Morgan fingerprint density at radius 3 is 1.30 bits per heavy atom. The third kappa shape index (κ3) is 36.9. The van der Waals surface area contributed by atoms with Gasteiger partial charge in [-0.05, 0) is 116 Å². The molecule has 0 amide bonds. The summed E-state index contributed by atoms with van der Waals surface area (Å²) in [6, 6.07) is 0. The first-order chi connectivity index (χ1) is 22.7. The number of allylic oxidation sites excluding steroid dienone is 8. The third-order valence-corrected chi connectivity index (χ3v) is 8.81. The number of nitrogens with one attached hydrogen (secondary N) is 1. The monoisotopic (exact) mass is 642 g/mol. The van der Waals surface area contributed by atoms with E-state index in [2.05, 4.69) is 67.8 Å². The van der Waals surface area contributed by atoms with Gasteiger partial charge in [0.1, 0.15) is 6.10 Å². The van der Waals surface area contributed by atoms with Crippen molar-refractivity contribution >= 4 is 5.97 Å². The van der Waals surface area contributed by atoms with Crippen LogP contribution in [-0.4, -0.2) is 25.7 Å². The van der Waals surface area contributed by atoms with Crippen LogP contribution in [-0.2, 0) is 9.53 Å². The fraction of sp³-hybridized carbons (Fsp3) is 0.791. The van der Waals surface area contributed by atoms with Crippen LogP contribution in [0, 0.1) is 0 Å². The van der Waals surface area contributed by atoms with Crippen molar-refractivity contribution in [2.45, 2.75) is 206 Å². The molecule has 0 aromatic carbocycles. The summed E-state index contributed by atoms with van der Waals surface area (Å²) >= 11 is 0. The number of hydrogen-bond acceptors (Lipinski definition) is 3. The number of esters is 1. The van der Waals surface area contributed by atoms with Gasteiger partial charge in [-0.15, -0.1) is 0 Å². The van der Waals surface area contributed by atoms with Gasteiger partial charge < -0.3 is 10.1 Å². The van der Waals surface area contributed by atoms with E-state index in [1.165, 1.54) is 141 Å². The zero-order valence-corrected chi connectivity index (χ0v) is 31.2. The Kier molecular flexibility index (Phi) is 38.2. The Labute approximate surface area is 288 Å². The quantitative estimate of drug-likeness (QED) is 0.0420. The molecule has 0 saturated carbocycles. The molecule has 0 atom stereocenters. The highest BCUT2D eigenvalue weighted by molar-refractivity contribution is 5.69. The van der Waals surface area contributed by atoms with Crippen LogP contribution in [0.2, 0.25) is 0 Å². The van der Waals surface area contributed by atoms with Gasteiger partial charge in [0.15, 0.2) is 0 Å². The van der Waals surface area contributed by atoms with Crippen molar-refractivity contribution in [1.82, 2.24) is 5.32 Å². The zero-order valence-electron chi connectivity index (χ0n) is 31.2. The number of carbonyl (C=O) groups is 1. The van der Waals surface area contributed by atoms with E-state index in [0.717, 1.165) is 45.1 Å². The number of hydrogen-bond donors (Lipinski definition) is 1. The minimum absolute atomic E-state index is 0.0150. The fourth-order valence-corrected chi connectivity index (χ4v) is 5.80. The average molecular weight is 642 g/mol. The Hall–Kier alpha value is -1.61. The highest BCUT2D eigenvalue weighted by Gasteiger charge is 2.14. The SMILES string of the molecule is CCCCC/C=C\C/C=C\CCCCCCCCC(CCCCCCCC/C=C\C/C=C\CCCCC)OC(=O)CCCCNC. The predicted octanol–water partition coefficient (Wildman–Crippen LogP) is 13.7. The van der Waals surface area contributed by atoms with Crippen LogP contribution in [0.1, 0.15) is 200 Å². The van der Waals surface area contributed by atoms with Gasteiger partial charge in [-0.1, -0.05) is 140 Å². The standard InChI is InChI=1S/C43H79NO2/c1-4-6-8-10-12-14-16-18-20-22-24-26-28-30-32-34-38-42(46-43(45)40-36-37-41-44-3)39-35-33-31-29-27-25-23-21-19-17-15-13-11-9-7-5-2/h12-15,18-21,42,44H,4-11,16-17,22-41H2,1-3H3/b14-12-,15-13-,20-18-,21-19-. The van der Waals surface area contributed by atoms with Crippen LogP contribution in [0.4, 0.5) is 0 Å². The van der Waals surface area contributed by atoms with Gasteiger partial charge in [0, 0.05) is 6.42 Å². The van der Waals surface area contributed by atoms with E-state index >= 15 is 0 Å². The molecule has 268 valence electrons. The minimum atomic E-state index is 0.0150. The van der Waals surface area contributed by atoms with E-state index in [1.54, 1.807) is 0 Å². The molecule has 3 heteroatoms. The highest BCUT2D eigenvalue weighted by atomic mass is 16.5. The topological polar surface area (TPSA) is 38.3 Å². The molecule has 0 unspecified atom stereocenters. The fourth-order valence-electron chi connectivity index (χ4n) is 5.80. The summed E-state index contributed by atoms with van der Waals surface area (Å²) in [5.41, 5.74) is 0. The van der Waals surface area contributed by atoms with Crippen LogP contribution in [0.25, 0.3) is 0 Å². The Morgan fingerprint density at radius 2 is 0.891 bits per heavy atom. The second kappa shape index (κ2) is 39.6. The van der Waals surface area contributed by atoms with Crippen LogP contribution in [0.3, 0.4) is 0 Å². The Bertz CT molecular complexity index is 674. The summed E-state index contributed by atoms with van der Waals surface area (Å²) in [5.74, 6) is 0.0150. The lowest BCUT2D eigenvalue weighted by Gasteiger charge is -2.18. The molecule has 0 radical (unpaired) electrons. The lowest BCUT2D eigenvalue weighted by Crippen LogP contribution is -2.18. The van der Waals surface area contributed by atoms with Crippen molar-refractivity contribution in [3.63, 3.8) is 0 Å². The minimum Gasteiger partial charge on any atom is -0.462 e. The summed E-state index contributed by atoms with van der Waals surface area (Å²) in [7, 11) is 1.97. The average Bonchev–Trinajstić information content (AvgIpc) is 3.06. The van der Waals surface area contributed by atoms with Gasteiger partial charge in [-0.2, -0.15) is 0 Å². The summed E-state index contributed by atoms with van der Waals surface area (Å²) < 4.78 is 6.00. The molecule has 0 spiro atoms. The first kappa shape index (κ1) is 44.4. The van der Waals surface area contributed by atoms with E-state index in [0.29, 0.717) is 6.42 Å². The lowest BCUT2D eigenvalue weighted by molar-refractivity contribution is -0.150. The van der Waals surface area contributed by atoms with Crippen molar-refractivity contribution in [2.24, 2.45) is 0 Å². The van der Waals surface area contributed by atoms with Crippen molar-refractivity contribution in [2.75, 3.05) is 13.6 Å². The molecular formula is C43H79NO2. The molecule has 1 N–H and O–H groups in total. The van der Waals surface area contributed by atoms with E-state index in [9.17, 15) is 4.79 Å². The summed E-state index contributed by atoms with van der Waals surface area (Å²) in [6.45, 7) is 5.49. The summed E-state index contributed by atoms with van der Waals surface area (Å²) in [6.07, 6.45) is 53.9. The van der Waals surface area contributed by atoms with Crippen molar-refractivity contribution in [1.29, 1.82) is 0 Å². The second-order valence-electron chi connectivity index (χ2n) is 13.4. The van der Waals surface area contributed by atoms with Crippen molar-refractivity contribution < 1.29 is 9.53 Å². The number of ether oxygens (including phenoxy) is 1. The van der Waals surface area contributed by atoms with E-state index in [1.807, 2.05) is 7.05 Å². The van der Waals surface area contributed by atoms with Gasteiger partial charge in [0.2, 0.25) is 0 Å². The normalized spacial score (nSPS) is 12.3. The van der Waals surface area contributed by atoms with Gasteiger partial charge in [-0.3, -0.25) is 4.79 Å². The van der Waals surface area contributed by atoms with Gasteiger partial charge in [0.25, 0.3) is 0 Å². The van der Waals surface area contributed by atoms with Gasteiger partial charge in [0.05, 0.1) is 0 Å². The molecule has 0 bridgehead atoms. The van der Waals surface area contributed by atoms with E-state index < -0.39 is 0 Å². The van der Waals surface area contributed by atoms with E-state index in [4.69, 9.17) is 4.74 Å². The Balaban J connectivity index is 4.00. The molecule has 0 aromatic heterocycles. The molecule has 0 fully saturated rings. The molecule has 0 rings (SSSR count). The smallest absolute Gasteiger partial charge is 0.306 e. The molecule has 0 aliphatic heterocycles. The molecule has 0 saturated heterocycles.